The van der Waals surface area contributed by atoms with Crippen molar-refractivity contribution >= 4 is 21.9 Å². The Hall–Kier alpha value is -1.60. The standard InChI is InChI=1S/C12H10BrNO2/c1-2-7-16-12(15)11(8-14)9-3-5-10(13)6-4-9/h2-6,11H,1,7H2. The van der Waals surface area contributed by atoms with Gasteiger partial charge in [-0.2, -0.15) is 5.26 Å². The molecule has 0 heterocycles. The first-order chi connectivity index (χ1) is 7.69. The molecule has 1 aromatic carbocycles. The van der Waals surface area contributed by atoms with Crippen LogP contribution in [0, 0.1) is 11.3 Å². The van der Waals surface area contributed by atoms with Gasteiger partial charge in [0.25, 0.3) is 0 Å². The first-order valence-corrected chi connectivity index (χ1v) is 5.41. The zero-order valence-electron chi connectivity index (χ0n) is 8.52. The van der Waals surface area contributed by atoms with E-state index >= 15 is 0 Å². The average molecular weight is 280 g/mol. The summed E-state index contributed by atoms with van der Waals surface area (Å²) in [6, 6.07) is 8.91. The molecule has 1 aromatic rings. The minimum atomic E-state index is -0.881. The fraction of sp³-hybridized carbons (Fsp3) is 0.167. The summed E-state index contributed by atoms with van der Waals surface area (Å²) in [7, 11) is 0. The number of hydrogen-bond donors (Lipinski definition) is 0. The molecular formula is C12H10BrNO2. The Kier molecular flexibility index (Phi) is 4.74. The molecule has 0 amide bonds. The van der Waals surface area contributed by atoms with Crippen molar-refractivity contribution in [1.29, 1.82) is 5.26 Å². The van der Waals surface area contributed by atoms with Crippen molar-refractivity contribution in [3.63, 3.8) is 0 Å². The van der Waals surface area contributed by atoms with Crippen molar-refractivity contribution in [2.75, 3.05) is 6.61 Å². The summed E-state index contributed by atoms with van der Waals surface area (Å²) in [5.74, 6) is -1.43. The van der Waals surface area contributed by atoms with Gasteiger partial charge in [-0.15, -0.1) is 0 Å². The number of halogens is 1. The molecule has 1 atom stereocenters. The van der Waals surface area contributed by atoms with Crippen molar-refractivity contribution in [3.05, 3.63) is 47.0 Å². The van der Waals surface area contributed by atoms with E-state index in [0.29, 0.717) is 5.56 Å². The molecule has 0 fully saturated rings. The summed E-state index contributed by atoms with van der Waals surface area (Å²) in [6.07, 6.45) is 1.47. The molecule has 0 aliphatic carbocycles. The second-order valence-electron chi connectivity index (χ2n) is 3.03. The van der Waals surface area contributed by atoms with Gasteiger partial charge in [0, 0.05) is 4.47 Å². The van der Waals surface area contributed by atoms with Gasteiger partial charge in [-0.25, -0.2) is 0 Å². The number of esters is 1. The molecule has 4 heteroatoms. The van der Waals surface area contributed by atoms with Gasteiger partial charge in [0.15, 0.2) is 5.92 Å². The average Bonchev–Trinajstić information content (AvgIpc) is 2.30. The molecule has 1 unspecified atom stereocenters. The highest BCUT2D eigenvalue weighted by Crippen LogP contribution is 2.19. The van der Waals surface area contributed by atoms with Crippen LogP contribution in [0.15, 0.2) is 41.4 Å². The fourth-order valence-electron chi connectivity index (χ4n) is 1.14. The van der Waals surface area contributed by atoms with Crippen LogP contribution < -0.4 is 0 Å². The van der Waals surface area contributed by atoms with Crippen molar-refractivity contribution in [1.82, 2.24) is 0 Å². The Morgan fingerprint density at radius 2 is 2.19 bits per heavy atom. The maximum absolute atomic E-state index is 11.5. The van der Waals surface area contributed by atoms with Crippen LogP contribution in [0.3, 0.4) is 0 Å². The Morgan fingerprint density at radius 3 is 2.69 bits per heavy atom. The van der Waals surface area contributed by atoms with Gasteiger partial charge in [-0.3, -0.25) is 4.79 Å². The first-order valence-electron chi connectivity index (χ1n) is 4.61. The number of hydrogen-bond acceptors (Lipinski definition) is 3. The highest BCUT2D eigenvalue weighted by atomic mass is 79.9. The van der Waals surface area contributed by atoms with Crippen LogP contribution in [0.4, 0.5) is 0 Å². The summed E-state index contributed by atoms with van der Waals surface area (Å²) >= 11 is 3.28. The van der Waals surface area contributed by atoms with Crippen LogP contribution in [0.5, 0.6) is 0 Å². The zero-order valence-corrected chi connectivity index (χ0v) is 10.1. The maximum Gasteiger partial charge on any atom is 0.328 e. The lowest BCUT2D eigenvalue weighted by atomic mass is 10.0. The van der Waals surface area contributed by atoms with Crippen LogP contribution >= 0.6 is 15.9 Å². The molecule has 0 radical (unpaired) electrons. The van der Waals surface area contributed by atoms with Crippen molar-refractivity contribution in [2.24, 2.45) is 0 Å². The number of nitrogens with zero attached hydrogens (tertiary/aromatic N) is 1. The highest BCUT2D eigenvalue weighted by molar-refractivity contribution is 9.10. The maximum atomic E-state index is 11.5. The zero-order chi connectivity index (χ0) is 12.0. The number of nitriles is 1. The molecule has 0 saturated heterocycles. The van der Waals surface area contributed by atoms with E-state index in [1.165, 1.54) is 6.08 Å². The highest BCUT2D eigenvalue weighted by Gasteiger charge is 2.21. The summed E-state index contributed by atoms with van der Waals surface area (Å²) in [6.45, 7) is 3.55. The third-order valence-corrected chi connectivity index (χ3v) is 2.44. The third-order valence-electron chi connectivity index (χ3n) is 1.91. The molecule has 82 valence electrons. The van der Waals surface area contributed by atoms with Crippen molar-refractivity contribution in [2.45, 2.75) is 5.92 Å². The molecular weight excluding hydrogens is 270 g/mol. The number of carbonyl (C=O) groups excluding carboxylic acids is 1. The lowest BCUT2D eigenvalue weighted by molar-refractivity contribution is -0.142. The molecule has 3 nitrogen and oxygen atoms in total. The van der Waals surface area contributed by atoms with Gasteiger partial charge in [0.2, 0.25) is 0 Å². The first kappa shape index (κ1) is 12.5. The van der Waals surface area contributed by atoms with Gasteiger partial charge in [-0.05, 0) is 17.7 Å². The largest absolute Gasteiger partial charge is 0.460 e. The van der Waals surface area contributed by atoms with E-state index in [1.807, 2.05) is 6.07 Å². The molecule has 16 heavy (non-hydrogen) atoms. The topological polar surface area (TPSA) is 50.1 Å². The van der Waals surface area contributed by atoms with E-state index in [-0.39, 0.29) is 6.61 Å². The summed E-state index contributed by atoms with van der Waals surface area (Å²) in [5.41, 5.74) is 0.625. The van der Waals surface area contributed by atoms with E-state index < -0.39 is 11.9 Å². The number of ether oxygens (including phenoxy) is 1. The monoisotopic (exact) mass is 279 g/mol. The van der Waals surface area contributed by atoms with Gasteiger partial charge in [0.05, 0.1) is 6.07 Å². The Labute approximate surface area is 102 Å². The molecule has 0 aliphatic rings. The van der Waals surface area contributed by atoms with E-state index in [0.717, 1.165) is 4.47 Å². The van der Waals surface area contributed by atoms with Gasteiger partial charge in [0.1, 0.15) is 6.61 Å². The minimum absolute atomic E-state index is 0.119. The fourth-order valence-corrected chi connectivity index (χ4v) is 1.41. The number of benzene rings is 1. The molecule has 0 aromatic heterocycles. The molecule has 1 rings (SSSR count). The predicted molar refractivity (Wildman–Crippen MR) is 63.7 cm³/mol. The quantitative estimate of drug-likeness (QED) is 0.629. The van der Waals surface area contributed by atoms with Gasteiger partial charge >= 0.3 is 5.97 Å². The van der Waals surface area contributed by atoms with Gasteiger partial charge < -0.3 is 4.74 Å². The molecule has 0 spiro atoms. The van der Waals surface area contributed by atoms with Crippen molar-refractivity contribution in [3.8, 4) is 6.07 Å². The Morgan fingerprint density at radius 1 is 1.56 bits per heavy atom. The van der Waals surface area contributed by atoms with Crippen LogP contribution in [0.25, 0.3) is 0 Å². The van der Waals surface area contributed by atoms with Crippen LogP contribution in [-0.4, -0.2) is 12.6 Å². The van der Waals surface area contributed by atoms with Crippen LogP contribution in [-0.2, 0) is 9.53 Å². The van der Waals surface area contributed by atoms with E-state index in [9.17, 15) is 4.79 Å². The smallest absolute Gasteiger partial charge is 0.328 e. The number of carbonyl (C=O) groups is 1. The predicted octanol–water partition coefficient (Wildman–Crippen LogP) is 2.79. The van der Waals surface area contributed by atoms with Crippen LogP contribution in [0.1, 0.15) is 11.5 Å². The molecule has 0 bridgehead atoms. The van der Waals surface area contributed by atoms with E-state index in [2.05, 4.69) is 22.5 Å². The summed E-state index contributed by atoms with van der Waals surface area (Å²) in [5, 5.41) is 8.93. The van der Waals surface area contributed by atoms with Crippen LogP contribution in [0.2, 0.25) is 0 Å². The lowest BCUT2D eigenvalue weighted by Gasteiger charge is -2.08. The van der Waals surface area contributed by atoms with E-state index in [1.54, 1.807) is 24.3 Å². The molecule has 0 saturated carbocycles. The Balaban J connectivity index is 2.82. The van der Waals surface area contributed by atoms with Gasteiger partial charge in [-0.1, -0.05) is 40.7 Å². The second kappa shape index (κ2) is 6.09. The Bertz CT molecular complexity index is 420. The van der Waals surface area contributed by atoms with Crippen molar-refractivity contribution < 1.29 is 9.53 Å². The summed E-state index contributed by atoms with van der Waals surface area (Å²) in [4.78, 5) is 11.5. The minimum Gasteiger partial charge on any atom is -0.460 e. The third kappa shape index (κ3) is 3.21. The summed E-state index contributed by atoms with van der Waals surface area (Å²) < 4.78 is 5.73. The van der Waals surface area contributed by atoms with E-state index in [4.69, 9.17) is 10.00 Å². The number of rotatable bonds is 4. The SMILES string of the molecule is C=CCOC(=O)C(C#N)c1ccc(Br)cc1. The normalized spacial score (nSPS) is 11.2. The molecule has 0 aliphatic heterocycles. The molecule has 0 N–H and O–H groups in total. The second-order valence-corrected chi connectivity index (χ2v) is 3.95. The lowest BCUT2D eigenvalue weighted by Crippen LogP contribution is -2.14.